The second-order valence-corrected chi connectivity index (χ2v) is 7.72. The van der Waals surface area contributed by atoms with Crippen molar-refractivity contribution >= 4 is 35.2 Å². The molecule has 1 aliphatic rings. The monoisotopic (exact) mass is 428 g/mol. The molecular weight excluding hydrogens is 404 g/mol. The van der Waals surface area contributed by atoms with E-state index in [2.05, 4.69) is 10.6 Å². The van der Waals surface area contributed by atoms with Gasteiger partial charge in [-0.15, -0.1) is 0 Å². The van der Waals surface area contributed by atoms with Crippen LogP contribution in [0, 0.1) is 0 Å². The van der Waals surface area contributed by atoms with Crippen LogP contribution >= 0.6 is 11.6 Å². The number of rotatable bonds is 8. The maximum absolute atomic E-state index is 12.4. The Morgan fingerprint density at radius 3 is 2.60 bits per heavy atom. The average Bonchev–Trinajstić information content (AvgIpc) is 3.52. The van der Waals surface area contributed by atoms with Gasteiger partial charge in [-0.25, -0.2) is 0 Å². The van der Waals surface area contributed by atoms with Gasteiger partial charge >= 0.3 is 0 Å². The van der Waals surface area contributed by atoms with Gasteiger partial charge in [0.05, 0.1) is 29.5 Å². The van der Waals surface area contributed by atoms with E-state index in [1.165, 1.54) is 13.2 Å². The van der Waals surface area contributed by atoms with Crippen LogP contribution in [0.5, 0.6) is 11.5 Å². The van der Waals surface area contributed by atoms with E-state index in [9.17, 15) is 9.59 Å². The summed E-state index contributed by atoms with van der Waals surface area (Å²) in [6, 6.07) is 10.6. The standard InChI is InChI=1S/C23H25ClN2O4/c1-14(2)30-22-18(24)12-15(13-20(22)29-3)8-11-21(27)26-19-7-5-4-6-17(19)23(28)25-16-9-10-16/h4-8,11-14,16H,9-10H2,1-3H3,(H,25,28)(H,26,27)/b11-8+. The van der Waals surface area contributed by atoms with Crippen LogP contribution in [0.1, 0.15) is 42.6 Å². The van der Waals surface area contributed by atoms with Crippen molar-refractivity contribution in [2.24, 2.45) is 0 Å². The number of hydrogen-bond donors (Lipinski definition) is 2. The van der Waals surface area contributed by atoms with Crippen molar-refractivity contribution < 1.29 is 19.1 Å². The molecule has 6 nitrogen and oxygen atoms in total. The third-order valence-corrected chi connectivity index (χ3v) is 4.66. The van der Waals surface area contributed by atoms with Gasteiger partial charge in [0, 0.05) is 12.1 Å². The van der Waals surface area contributed by atoms with Gasteiger partial charge in [-0.3, -0.25) is 9.59 Å². The maximum atomic E-state index is 12.4. The molecule has 0 aliphatic heterocycles. The van der Waals surface area contributed by atoms with Crippen LogP contribution in [0.3, 0.4) is 0 Å². The fourth-order valence-electron chi connectivity index (χ4n) is 2.81. The molecule has 0 heterocycles. The van der Waals surface area contributed by atoms with Gasteiger partial charge in [0.1, 0.15) is 0 Å². The quantitative estimate of drug-likeness (QED) is 0.598. The summed E-state index contributed by atoms with van der Waals surface area (Å²) in [7, 11) is 1.53. The highest BCUT2D eigenvalue weighted by Gasteiger charge is 2.24. The van der Waals surface area contributed by atoms with Gasteiger partial charge in [0.25, 0.3) is 5.91 Å². The summed E-state index contributed by atoms with van der Waals surface area (Å²) in [5.74, 6) is 0.402. The molecule has 0 unspecified atom stereocenters. The lowest BCUT2D eigenvalue weighted by Crippen LogP contribution is -2.26. The molecule has 0 spiro atoms. The minimum absolute atomic E-state index is 0.0549. The van der Waals surface area contributed by atoms with Crippen LogP contribution < -0.4 is 20.1 Å². The summed E-state index contributed by atoms with van der Waals surface area (Å²) < 4.78 is 11.1. The second-order valence-electron chi connectivity index (χ2n) is 7.32. The molecule has 2 amide bonds. The molecular formula is C23H25ClN2O4. The second kappa shape index (κ2) is 9.67. The number of carbonyl (C=O) groups is 2. The van der Waals surface area contributed by atoms with Crippen LogP contribution in [0.2, 0.25) is 5.02 Å². The van der Waals surface area contributed by atoms with Crippen molar-refractivity contribution in [3.63, 3.8) is 0 Å². The van der Waals surface area contributed by atoms with E-state index in [0.29, 0.717) is 33.3 Å². The molecule has 158 valence electrons. The fourth-order valence-corrected chi connectivity index (χ4v) is 3.08. The predicted molar refractivity (Wildman–Crippen MR) is 118 cm³/mol. The van der Waals surface area contributed by atoms with E-state index >= 15 is 0 Å². The minimum atomic E-state index is -0.362. The Morgan fingerprint density at radius 1 is 1.20 bits per heavy atom. The summed E-state index contributed by atoms with van der Waals surface area (Å²) in [6.07, 6.45) is 4.94. The van der Waals surface area contributed by atoms with E-state index in [1.807, 2.05) is 13.8 Å². The lowest BCUT2D eigenvalue weighted by atomic mass is 10.1. The molecule has 0 radical (unpaired) electrons. The highest BCUT2D eigenvalue weighted by molar-refractivity contribution is 6.32. The Morgan fingerprint density at radius 2 is 1.93 bits per heavy atom. The van der Waals surface area contributed by atoms with Gasteiger partial charge in [0.2, 0.25) is 5.91 Å². The number of hydrogen-bond acceptors (Lipinski definition) is 4. The summed E-state index contributed by atoms with van der Waals surface area (Å²) in [6.45, 7) is 3.80. The van der Waals surface area contributed by atoms with Gasteiger partial charge in [-0.05, 0) is 62.6 Å². The highest BCUT2D eigenvalue weighted by Crippen LogP contribution is 2.37. The number of methoxy groups -OCH3 is 1. The van der Waals surface area contributed by atoms with Gasteiger partial charge in [-0.1, -0.05) is 23.7 Å². The number of halogens is 1. The van der Waals surface area contributed by atoms with E-state index in [4.69, 9.17) is 21.1 Å². The van der Waals surface area contributed by atoms with Crippen LogP contribution in [0.25, 0.3) is 6.08 Å². The molecule has 1 aliphatic carbocycles. The van der Waals surface area contributed by atoms with Crippen molar-refractivity contribution in [1.82, 2.24) is 5.32 Å². The normalized spacial score (nSPS) is 13.4. The highest BCUT2D eigenvalue weighted by atomic mass is 35.5. The summed E-state index contributed by atoms with van der Waals surface area (Å²) in [5.41, 5.74) is 1.58. The van der Waals surface area contributed by atoms with Crippen molar-refractivity contribution in [3.05, 3.63) is 58.6 Å². The number of benzene rings is 2. The Labute approximate surface area is 181 Å². The van der Waals surface area contributed by atoms with E-state index in [0.717, 1.165) is 12.8 Å². The number of para-hydroxylation sites is 1. The zero-order valence-corrected chi connectivity index (χ0v) is 18.0. The van der Waals surface area contributed by atoms with Gasteiger partial charge in [0.15, 0.2) is 11.5 Å². The molecule has 2 aromatic carbocycles. The Balaban J connectivity index is 1.72. The third kappa shape index (κ3) is 5.76. The number of nitrogens with one attached hydrogen (secondary N) is 2. The van der Waals surface area contributed by atoms with Crippen LogP contribution in [-0.4, -0.2) is 31.1 Å². The maximum Gasteiger partial charge on any atom is 0.253 e. The molecule has 7 heteroatoms. The molecule has 30 heavy (non-hydrogen) atoms. The van der Waals surface area contributed by atoms with Gasteiger partial charge < -0.3 is 20.1 Å². The summed E-state index contributed by atoms with van der Waals surface area (Å²) in [5, 5.41) is 6.08. The van der Waals surface area contributed by atoms with Crippen LogP contribution in [0.4, 0.5) is 5.69 Å². The number of carbonyl (C=O) groups excluding carboxylic acids is 2. The lowest BCUT2D eigenvalue weighted by molar-refractivity contribution is -0.111. The first-order valence-corrected chi connectivity index (χ1v) is 10.2. The smallest absolute Gasteiger partial charge is 0.253 e. The van der Waals surface area contributed by atoms with Crippen molar-refractivity contribution in [3.8, 4) is 11.5 Å². The lowest BCUT2D eigenvalue weighted by Gasteiger charge is -2.15. The summed E-state index contributed by atoms with van der Waals surface area (Å²) in [4.78, 5) is 24.8. The zero-order valence-electron chi connectivity index (χ0n) is 17.2. The molecule has 3 rings (SSSR count). The number of anilines is 1. The number of ether oxygens (including phenoxy) is 2. The first-order chi connectivity index (χ1) is 14.4. The Hall–Kier alpha value is -2.99. The van der Waals surface area contributed by atoms with E-state index in [1.54, 1.807) is 42.5 Å². The molecule has 2 aromatic rings. The molecule has 1 fully saturated rings. The SMILES string of the molecule is COc1cc(/C=C/C(=O)Nc2ccccc2C(=O)NC2CC2)cc(Cl)c1OC(C)C. The van der Waals surface area contributed by atoms with Crippen molar-refractivity contribution in [2.75, 3.05) is 12.4 Å². The third-order valence-electron chi connectivity index (χ3n) is 4.37. The van der Waals surface area contributed by atoms with Crippen LogP contribution in [0.15, 0.2) is 42.5 Å². The average molecular weight is 429 g/mol. The Bertz CT molecular complexity index is 968. The molecule has 0 saturated heterocycles. The first-order valence-electron chi connectivity index (χ1n) is 9.80. The number of amides is 2. The zero-order chi connectivity index (χ0) is 21.7. The minimum Gasteiger partial charge on any atom is -0.493 e. The topological polar surface area (TPSA) is 76.7 Å². The molecule has 2 N–H and O–H groups in total. The van der Waals surface area contributed by atoms with Gasteiger partial charge in [-0.2, -0.15) is 0 Å². The van der Waals surface area contributed by atoms with Crippen molar-refractivity contribution in [2.45, 2.75) is 38.8 Å². The summed E-state index contributed by atoms with van der Waals surface area (Å²) >= 11 is 6.32. The largest absolute Gasteiger partial charge is 0.493 e. The van der Waals surface area contributed by atoms with E-state index in [-0.39, 0.29) is 24.0 Å². The predicted octanol–water partition coefficient (Wildman–Crippen LogP) is 4.68. The molecule has 1 saturated carbocycles. The molecule has 0 aromatic heterocycles. The van der Waals surface area contributed by atoms with Crippen LogP contribution in [-0.2, 0) is 4.79 Å². The fraction of sp³-hybridized carbons (Fsp3) is 0.304. The van der Waals surface area contributed by atoms with E-state index < -0.39 is 0 Å². The first kappa shape index (κ1) is 21.7. The molecule has 0 atom stereocenters. The van der Waals surface area contributed by atoms with Crippen molar-refractivity contribution in [1.29, 1.82) is 0 Å². The molecule has 0 bridgehead atoms. The Kier molecular flexibility index (Phi) is 7.00.